The first kappa shape index (κ1) is 16.5. The van der Waals surface area contributed by atoms with Crippen LogP contribution < -0.4 is 4.90 Å². The lowest BCUT2D eigenvalue weighted by molar-refractivity contribution is -0.179. The van der Waals surface area contributed by atoms with Crippen molar-refractivity contribution in [3.63, 3.8) is 0 Å². The molecule has 1 unspecified atom stereocenters. The summed E-state index contributed by atoms with van der Waals surface area (Å²) in [5.74, 6) is 1.12. The Morgan fingerprint density at radius 3 is 2.88 bits per heavy atom. The number of benzene rings is 1. The molecule has 5 nitrogen and oxygen atoms in total. The molecule has 0 N–H and O–H groups in total. The number of amides is 1. The molecule has 4 bridgehead atoms. The van der Waals surface area contributed by atoms with Gasteiger partial charge in [0.2, 0.25) is 5.91 Å². The zero-order valence-electron chi connectivity index (χ0n) is 15.6. The van der Waals surface area contributed by atoms with Crippen molar-refractivity contribution in [2.24, 2.45) is 11.8 Å². The van der Waals surface area contributed by atoms with Crippen molar-refractivity contribution in [3.8, 4) is 0 Å². The van der Waals surface area contributed by atoms with Crippen molar-refractivity contribution in [2.45, 2.75) is 56.8 Å². The second kappa shape index (κ2) is 5.40. The summed E-state index contributed by atoms with van der Waals surface area (Å²) in [6.45, 7) is 4.49. The predicted octanol–water partition coefficient (Wildman–Crippen LogP) is 2.34. The molecule has 3 fully saturated rings. The Morgan fingerprint density at radius 2 is 2.12 bits per heavy atom. The van der Waals surface area contributed by atoms with Gasteiger partial charge in [0.15, 0.2) is 0 Å². The number of piperidine rings is 1. The van der Waals surface area contributed by atoms with Gasteiger partial charge in [-0.3, -0.25) is 9.69 Å². The van der Waals surface area contributed by atoms with E-state index in [0.717, 1.165) is 18.5 Å². The van der Waals surface area contributed by atoms with E-state index < -0.39 is 5.41 Å². The summed E-state index contributed by atoms with van der Waals surface area (Å²) in [6, 6.07) is 8.68. The van der Waals surface area contributed by atoms with Crippen LogP contribution in [0.2, 0.25) is 0 Å². The van der Waals surface area contributed by atoms with Gasteiger partial charge >= 0.3 is 0 Å². The smallest absolute Gasteiger partial charge is 0.239 e. The van der Waals surface area contributed by atoms with Crippen molar-refractivity contribution in [3.05, 3.63) is 29.8 Å². The van der Waals surface area contributed by atoms with Gasteiger partial charge in [0.25, 0.3) is 0 Å². The Balaban J connectivity index is 1.65. The highest BCUT2D eigenvalue weighted by Gasteiger charge is 2.68. The second-order valence-corrected chi connectivity index (χ2v) is 8.59. The Morgan fingerprint density at radius 1 is 1.35 bits per heavy atom. The predicted molar refractivity (Wildman–Crippen MR) is 97.9 cm³/mol. The van der Waals surface area contributed by atoms with Crippen LogP contribution in [-0.2, 0) is 19.7 Å². The zero-order valence-corrected chi connectivity index (χ0v) is 15.6. The Kier molecular flexibility index (Phi) is 3.41. The number of hydrogen-bond acceptors (Lipinski definition) is 4. The monoisotopic (exact) mass is 354 g/mol. The molecule has 5 rings (SSSR count). The van der Waals surface area contributed by atoms with Crippen LogP contribution in [0, 0.1) is 11.8 Å². The number of fused-ring (bicyclic) bond motifs is 3. The van der Waals surface area contributed by atoms with Gasteiger partial charge in [-0.25, -0.2) is 0 Å². The van der Waals surface area contributed by atoms with Gasteiger partial charge in [0.1, 0.15) is 12.0 Å². The van der Waals surface area contributed by atoms with Crippen LogP contribution >= 0.6 is 0 Å². The fourth-order valence-electron chi connectivity index (χ4n) is 6.43. The number of likely N-dealkylation sites (N-methyl/N-ethyl adjacent to an activating group) is 1. The van der Waals surface area contributed by atoms with Gasteiger partial charge in [0, 0.05) is 37.2 Å². The summed E-state index contributed by atoms with van der Waals surface area (Å²) in [6.07, 6.45) is 2.39. The molecule has 5 heteroatoms. The van der Waals surface area contributed by atoms with Crippen LogP contribution in [0.1, 0.15) is 38.7 Å². The maximum atomic E-state index is 13.5. The largest absolute Gasteiger partial charge is 0.363 e. The minimum absolute atomic E-state index is 0.0322. The molecule has 1 amide bonds. The molecule has 4 aliphatic rings. The number of anilines is 1. The number of rotatable bonds is 2. The lowest BCUT2D eigenvalue weighted by atomic mass is 9.72. The maximum Gasteiger partial charge on any atom is 0.239 e. The number of carbonyl (C=O) groups excluding carboxylic acids is 2. The second-order valence-electron chi connectivity index (χ2n) is 8.59. The van der Waals surface area contributed by atoms with Crippen LogP contribution in [-0.4, -0.2) is 48.6 Å². The average Bonchev–Trinajstić information content (AvgIpc) is 3.00. The standard InChI is InChI=1S/C21H26N2O3/c1-12(24)8-14-9-19-21(10-18-15(14)11-26-13(2)23(18)19)16-6-4-5-7-17(16)22(3)20(21)25/h4-7,13-15,18-19H,8-11H2,1-3H3/t13-,14-,15-,18+,19+,21-/m1/s1. The Labute approximate surface area is 154 Å². The van der Waals surface area contributed by atoms with Gasteiger partial charge in [-0.1, -0.05) is 18.2 Å². The number of Topliss-reactive ketones (excluding diaryl/α,β-unsaturated/α-hetero) is 1. The fourth-order valence-corrected chi connectivity index (χ4v) is 6.43. The summed E-state index contributed by atoms with van der Waals surface area (Å²) in [7, 11) is 1.90. The van der Waals surface area contributed by atoms with Crippen molar-refractivity contribution >= 4 is 17.4 Å². The lowest BCUT2D eigenvalue weighted by Gasteiger charge is -2.52. The van der Waals surface area contributed by atoms with Crippen LogP contribution in [0.5, 0.6) is 0 Å². The minimum Gasteiger partial charge on any atom is -0.363 e. The van der Waals surface area contributed by atoms with E-state index in [4.69, 9.17) is 4.74 Å². The third-order valence-corrected chi connectivity index (χ3v) is 7.40. The summed E-state index contributed by atoms with van der Waals surface area (Å²) < 4.78 is 6.08. The number of ether oxygens (including phenoxy) is 1. The normalized spacial score (nSPS) is 43.0. The molecule has 7 atom stereocenters. The molecule has 0 aromatic heterocycles. The molecule has 4 aliphatic heterocycles. The molecular weight excluding hydrogens is 328 g/mol. The van der Waals surface area contributed by atoms with Crippen molar-refractivity contribution in [1.29, 1.82) is 0 Å². The summed E-state index contributed by atoms with van der Waals surface area (Å²) >= 11 is 0. The van der Waals surface area contributed by atoms with E-state index in [1.54, 1.807) is 6.92 Å². The number of ketones is 1. The van der Waals surface area contributed by atoms with E-state index in [0.29, 0.717) is 30.9 Å². The first-order valence-corrected chi connectivity index (χ1v) is 9.71. The van der Waals surface area contributed by atoms with Crippen LogP contribution in [0.25, 0.3) is 0 Å². The van der Waals surface area contributed by atoms with E-state index in [-0.39, 0.29) is 24.0 Å². The molecule has 1 aromatic carbocycles. The quantitative estimate of drug-likeness (QED) is 0.818. The molecular formula is C21H26N2O3. The maximum absolute atomic E-state index is 13.5. The van der Waals surface area contributed by atoms with Crippen molar-refractivity contribution in [1.82, 2.24) is 4.90 Å². The molecule has 26 heavy (non-hydrogen) atoms. The van der Waals surface area contributed by atoms with E-state index in [9.17, 15) is 9.59 Å². The highest BCUT2D eigenvalue weighted by Crippen LogP contribution is 2.60. The summed E-state index contributed by atoms with van der Waals surface area (Å²) in [5.41, 5.74) is 1.72. The van der Waals surface area contributed by atoms with Crippen LogP contribution in [0.3, 0.4) is 0 Å². The molecule has 3 saturated heterocycles. The number of nitrogens with zero attached hydrogens (tertiary/aromatic N) is 2. The first-order valence-electron chi connectivity index (χ1n) is 9.71. The van der Waals surface area contributed by atoms with Gasteiger partial charge in [-0.2, -0.15) is 0 Å². The van der Waals surface area contributed by atoms with Crippen molar-refractivity contribution in [2.75, 3.05) is 18.6 Å². The van der Waals surface area contributed by atoms with Crippen molar-refractivity contribution < 1.29 is 14.3 Å². The summed E-state index contributed by atoms with van der Waals surface area (Å²) in [4.78, 5) is 29.7. The third kappa shape index (κ3) is 1.88. The van der Waals surface area contributed by atoms with Gasteiger partial charge in [-0.15, -0.1) is 0 Å². The number of carbonyl (C=O) groups is 2. The molecule has 0 radical (unpaired) electrons. The Bertz CT molecular complexity index is 793. The topological polar surface area (TPSA) is 49.9 Å². The van der Waals surface area contributed by atoms with Gasteiger partial charge in [0.05, 0.1) is 12.0 Å². The van der Waals surface area contributed by atoms with Crippen LogP contribution in [0.4, 0.5) is 5.69 Å². The van der Waals surface area contributed by atoms with E-state index in [1.165, 1.54) is 5.56 Å². The van der Waals surface area contributed by atoms with E-state index in [2.05, 4.69) is 24.0 Å². The number of para-hydroxylation sites is 1. The summed E-state index contributed by atoms with van der Waals surface area (Å²) in [5, 5.41) is 0. The van der Waals surface area contributed by atoms with Gasteiger partial charge < -0.3 is 14.4 Å². The number of hydrogen-bond donors (Lipinski definition) is 0. The third-order valence-electron chi connectivity index (χ3n) is 7.40. The average molecular weight is 354 g/mol. The molecule has 138 valence electrons. The van der Waals surface area contributed by atoms with Crippen LogP contribution in [0.15, 0.2) is 24.3 Å². The molecule has 4 heterocycles. The SMILES string of the molecule is CC(=O)C[C@@H]1C[C@@H]2N3[C@@H](C)OC[C@H]1[C@@H]3C[C@]21C(=O)N(C)c2ccccc21. The Hall–Kier alpha value is -1.72. The van der Waals surface area contributed by atoms with E-state index >= 15 is 0 Å². The molecule has 1 aromatic rings. The highest BCUT2D eigenvalue weighted by molar-refractivity contribution is 6.08. The van der Waals surface area contributed by atoms with Gasteiger partial charge in [-0.05, 0) is 44.2 Å². The zero-order chi connectivity index (χ0) is 18.2. The highest BCUT2D eigenvalue weighted by atomic mass is 16.5. The van der Waals surface area contributed by atoms with E-state index in [1.807, 2.05) is 24.1 Å². The molecule has 0 saturated carbocycles. The lowest BCUT2D eigenvalue weighted by Crippen LogP contribution is -2.61. The fraction of sp³-hybridized carbons (Fsp3) is 0.619. The first-order chi connectivity index (χ1) is 12.4. The molecule has 1 spiro atoms. The molecule has 0 aliphatic carbocycles. The minimum atomic E-state index is -0.484.